The topological polar surface area (TPSA) is 43.4 Å². The third kappa shape index (κ3) is 2.65. The smallest absolute Gasteiger partial charge is 0.309 e. The fraction of sp³-hybridized carbons (Fsp3) is 0.733. The van der Waals surface area contributed by atoms with Gasteiger partial charge in [0.2, 0.25) is 0 Å². The van der Waals surface area contributed by atoms with E-state index in [2.05, 4.69) is 6.08 Å². The van der Waals surface area contributed by atoms with Crippen molar-refractivity contribution in [1.29, 1.82) is 0 Å². The van der Waals surface area contributed by atoms with E-state index in [4.69, 9.17) is 4.74 Å². The largest absolute Gasteiger partial charge is 0.457 e. The number of allylic oxidation sites excluding steroid dienone is 2. The molecule has 0 unspecified atom stereocenters. The van der Waals surface area contributed by atoms with Crippen LogP contribution >= 0.6 is 0 Å². The first-order valence-electron chi connectivity index (χ1n) is 6.62. The Kier molecular flexibility index (Phi) is 4.36. The van der Waals surface area contributed by atoms with Gasteiger partial charge in [-0.25, -0.2) is 0 Å². The molecule has 3 nitrogen and oxygen atoms in total. The maximum Gasteiger partial charge on any atom is 0.309 e. The molecule has 0 N–H and O–H groups in total. The van der Waals surface area contributed by atoms with Crippen LogP contribution in [0.25, 0.3) is 0 Å². The predicted molar refractivity (Wildman–Crippen MR) is 71.1 cm³/mol. The molecule has 0 aromatic carbocycles. The molecular formula is C15H24O3. The minimum atomic E-state index is -0.456. The van der Waals surface area contributed by atoms with Gasteiger partial charge in [-0.1, -0.05) is 46.8 Å². The maximum absolute atomic E-state index is 12.3. The van der Waals surface area contributed by atoms with Crippen molar-refractivity contribution < 1.29 is 14.3 Å². The van der Waals surface area contributed by atoms with Crippen LogP contribution < -0.4 is 0 Å². The molecule has 3 heteroatoms. The van der Waals surface area contributed by atoms with Gasteiger partial charge in [0.25, 0.3) is 0 Å². The third-order valence-electron chi connectivity index (χ3n) is 4.46. The number of ether oxygens (including phenoxy) is 1. The summed E-state index contributed by atoms with van der Waals surface area (Å²) in [4.78, 5) is 23.8. The van der Waals surface area contributed by atoms with Gasteiger partial charge in [-0.2, -0.15) is 0 Å². The lowest BCUT2D eigenvalue weighted by molar-refractivity contribution is -0.155. The fourth-order valence-corrected chi connectivity index (χ4v) is 2.11. The van der Waals surface area contributed by atoms with Crippen molar-refractivity contribution in [2.24, 2.45) is 16.7 Å². The quantitative estimate of drug-likeness (QED) is 0.557. The Morgan fingerprint density at radius 1 is 1.33 bits per heavy atom. The minimum Gasteiger partial charge on any atom is -0.457 e. The van der Waals surface area contributed by atoms with Gasteiger partial charge in [0.1, 0.15) is 0 Å². The van der Waals surface area contributed by atoms with Gasteiger partial charge in [-0.05, 0) is 18.3 Å². The number of hydrogen-bond acceptors (Lipinski definition) is 3. The molecule has 1 aliphatic rings. The molecule has 0 amide bonds. The lowest BCUT2D eigenvalue weighted by Gasteiger charge is -2.36. The van der Waals surface area contributed by atoms with E-state index < -0.39 is 5.41 Å². The monoisotopic (exact) mass is 252 g/mol. The summed E-state index contributed by atoms with van der Waals surface area (Å²) in [6.45, 7) is 9.68. The maximum atomic E-state index is 12.3. The molecule has 0 fully saturated rings. The lowest BCUT2D eigenvalue weighted by Crippen LogP contribution is -2.40. The summed E-state index contributed by atoms with van der Waals surface area (Å²) in [6, 6.07) is 0. The van der Waals surface area contributed by atoms with Crippen molar-refractivity contribution in [1.82, 2.24) is 0 Å². The van der Waals surface area contributed by atoms with Crippen molar-refractivity contribution in [3.8, 4) is 0 Å². The molecule has 0 bridgehead atoms. The Balaban J connectivity index is 2.60. The van der Waals surface area contributed by atoms with Crippen molar-refractivity contribution >= 4 is 11.8 Å². The Labute approximate surface area is 110 Å². The summed E-state index contributed by atoms with van der Waals surface area (Å²) < 4.78 is 5.11. The Morgan fingerprint density at radius 3 is 2.39 bits per heavy atom. The van der Waals surface area contributed by atoms with E-state index in [1.807, 2.05) is 40.7 Å². The number of hydrogen-bond donors (Lipinski definition) is 0. The van der Waals surface area contributed by atoms with E-state index in [-0.39, 0.29) is 29.7 Å². The van der Waals surface area contributed by atoms with Crippen LogP contribution in [0.2, 0.25) is 0 Å². The van der Waals surface area contributed by atoms with Gasteiger partial charge in [-0.3, -0.25) is 9.59 Å². The minimum absolute atomic E-state index is 0.00848. The van der Waals surface area contributed by atoms with Crippen molar-refractivity contribution in [3.63, 3.8) is 0 Å². The molecule has 1 rings (SSSR count). The van der Waals surface area contributed by atoms with Crippen molar-refractivity contribution in [2.45, 2.75) is 47.5 Å². The SMILES string of the molecule is CC[C@@H](C)C(=O)OCC(=O)[C@@]1(C)CC=CC1(C)C. The van der Waals surface area contributed by atoms with Gasteiger partial charge >= 0.3 is 5.97 Å². The van der Waals surface area contributed by atoms with Crippen LogP contribution in [0, 0.1) is 16.7 Å². The average Bonchev–Trinajstić information content (AvgIpc) is 2.60. The lowest BCUT2D eigenvalue weighted by atomic mass is 9.66. The molecule has 18 heavy (non-hydrogen) atoms. The zero-order chi connectivity index (χ0) is 14.0. The second kappa shape index (κ2) is 5.25. The normalized spacial score (nSPS) is 26.9. The highest BCUT2D eigenvalue weighted by Gasteiger charge is 2.47. The van der Waals surface area contributed by atoms with Crippen LogP contribution in [0.15, 0.2) is 12.2 Å². The van der Waals surface area contributed by atoms with Crippen LogP contribution in [0.4, 0.5) is 0 Å². The summed E-state index contributed by atoms with van der Waals surface area (Å²) in [5.74, 6) is -0.410. The zero-order valence-electron chi connectivity index (χ0n) is 12.1. The molecule has 0 saturated heterocycles. The van der Waals surface area contributed by atoms with Gasteiger partial charge in [0.15, 0.2) is 12.4 Å². The summed E-state index contributed by atoms with van der Waals surface area (Å²) >= 11 is 0. The highest BCUT2D eigenvalue weighted by atomic mass is 16.5. The molecule has 0 aromatic heterocycles. The van der Waals surface area contributed by atoms with Gasteiger partial charge < -0.3 is 4.74 Å². The van der Waals surface area contributed by atoms with Crippen LogP contribution in [-0.4, -0.2) is 18.4 Å². The van der Waals surface area contributed by atoms with Crippen LogP contribution in [0.1, 0.15) is 47.5 Å². The van der Waals surface area contributed by atoms with Crippen molar-refractivity contribution in [2.75, 3.05) is 6.61 Å². The van der Waals surface area contributed by atoms with E-state index in [1.54, 1.807) is 0 Å². The number of rotatable bonds is 5. The highest BCUT2D eigenvalue weighted by molar-refractivity contribution is 5.89. The summed E-state index contributed by atoms with van der Waals surface area (Å²) in [7, 11) is 0. The van der Waals surface area contributed by atoms with Crippen LogP contribution in [0.5, 0.6) is 0 Å². The molecule has 2 atom stereocenters. The molecular weight excluding hydrogens is 228 g/mol. The third-order valence-corrected chi connectivity index (χ3v) is 4.46. The molecule has 102 valence electrons. The zero-order valence-corrected chi connectivity index (χ0v) is 12.1. The Hall–Kier alpha value is -1.12. The predicted octanol–water partition coefficient (Wildman–Crippen LogP) is 3.14. The molecule has 0 saturated carbocycles. The molecule has 0 heterocycles. The highest BCUT2D eigenvalue weighted by Crippen LogP contribution is 2.48. The van der Waals surface area contributed by atoms with E-state index in [9.17, 15) is 9.59 Å². The second-order valence-electron chi connectivity index (χ2n) is 6.00. The van der Waals surface area contributed by atoms with Crippen LogP contribution in [0.3, 0.4) is 0 Å². The number of esters is 1. The second-order valence-corrected chi connectivity index (χ2v) is 6.00. The summed E-state index contributed by atoms with van der Waals surface area (Å²) in [6.07, 6.45) is 5.56. The number of carbonyl (C=O) groups excluding carboxylic acids is 2. The first kappa shape index (κ1) is 14.9. The standard InChI is InChI=1S/C15H24O3/c1-6-11(2)13(17)18-10-12(16)15(5)9-7-8-14(15,3)4/h7-8,11H,6,9-10H2,1-5H3/t11-,15-/m1/s1. The molecule has 0 spiro atoms. The summed E-state index contributed by atoms with van der Waals surface area (Å²) in [5, 5.41) is 0. The number of Topliss-reactive ketones (excluding diaryl/α,β-unsaturated/α-hetero) is 1. The molecule has 0 aromatic rings. The van der Waals surface area contributed by atoms with Gasteiger partial charge in [0.05, 0.1) is 5.92 Å². The Bertz CT molecular complexity index is 368. The van der Waals surface area contributed by atoms with E-state index in [0.29, 0.717) is 0 Å². The van der Waals surface area contributed by atoms with E-state index in [1.165, 1.54) is 0 Å². The number of ketones is 1. The van der Waals surface area contributed by atoms with Gasteiger partial charge in [0, 0.05) is 5.41 Å². The number of carbonyl (C=O) groups is 2. The molecule has 0 aliphatic heterocycles. The van der Waals surface area contributed by atoms with Gasteiger partial charge in [-0.15, -0.1) is 0 Å². The first-order valence-corrected chi connectivity index (χ1v) is 6.62. The van der Waals surface area contributed by atoms with E-state index >= 15 is 0 Å². The summed E-state index contributed by atoms with van der Waals surface area (Å²) in [5.41, 5.74) is -0.629. The average molecular weight is 252 g/mol. The molecule has 1 aliphatic carbocycles. The van der Waals surface area contributed by atoms with E-state index in [0.717, 1.165) is 12.8 Å². The first-order chi connectivity index (χ1) is 8.24. The molecule has 0 radical (unpaired) electrons. The van der Waals surface area contributed by atoms with Crippen molar-refractivity contribution in [3.05, 3.63) is 12.2 Å². The van der Waals surface area contributed by atoms with Crippen LogP contribution in [-0.2, 0) is 14.3 Å². The fourth-order valence-electron chi connectivity index (χ4n) is 2.11. The Morgan fingerprint density at radius 2 is 1.94 bits per heavy atom.